The van der Waals surface area contributed by atoms with Gasteiger partial charge in [0.1, 0.15) is 12.8 Å². The zero-order valence-corrected chi connectivity index (χ0v) is 14.3. The van der Waals surface area contributed by atoms with E-state index in [9.17, 15) is 9.59 Å². The van der Waals surface area contributed by atoms with Gasteiger partial charge in [-0.15, -0.1) is 0 Å². The van der Waals surface area contributed by atoms with E-state index in [-0.39, 0.29) is 0 Å². The Morgan fingerprint density at radius 2 is 1.73 bits per heavy atom. The fourth-order valence-corrected chi connectivity index (χ4v) is 3.25. The Labute approximate surface area is 147 Å². The number of hydrogen-bond acceptors (Lipinski definition) is 4. The normalized spacial score (nSPS) is 12.0. The van der Waals surface area contributed by atoms with Crippen molar-refractivity contribution in [1.82, 2.24) is 14.0 Å². The van der Waals surface area contributed by atoms with Gasteiger partial charge in [-0.1, -0.05) is 41.6 Å². The summed E-state index contributed by atoms with van der Waals surface area (Å²) >= 11 is 0. The van der Waals surface area contributed by atoms with Crippen molar-refractivity contribution < 1.29 is 4.84 Å². The number of rotatable bonds is 3. The van der Waals surface area contributed by atoms with Gasteiger partial charge in [-0.2, -0.15) is 0 Å². The first kappa shape index (κ1) is 15.9. The van der Waals surface area contributed by atoms with Gasteiger partial charge in [0.25, 0.3) is 0 Å². The van der Waals surface area contributed by atoms with E-state index >= 15 is 0 Å². The van der Waals surface area contributed by atoms with Crippen molar-refractivity contribution in [2.45, 2.75) is 6.92 Å². The third kappa shape index (κ3) is 2.25. The zero-order valence-electron chi connectivity index (χ0n) is 14.3. The highest BCUT2D eigenvalue weighted by molar-refractivity contribution is 6.15. The number of nitrogens with one attached hydrogen (secondary N) is 1. The van der Waals surface area contributed by atoms with E-state index < -0.39 is 11.4 Å². The molecule has 2 aromatic carbocycles. The number of hydrogen-bond donors (Lipinski definition) is 1. The number of H-pyrrole nitrogens is 1. The summed E-state index contributed by atoms with van der Waals surface area (Å²) in [6, 6.07) is 16.3. The van der Waals surface area contributed by atoms with Crippen LogP contribution in [0, 0.1) is 0 Å². The summed E-state index contributed by atoms with van der Waals surface area (Å²) in [5.41, 5.74) is 1.86. The molecule has 0 bridgehead atoms. The number of aromatic amines is 1. The summed E-state index contributed by atoms with van der Waals surface area (Å²) in [6.45, 7) is 1.77. The van der Waals surface area contributed by atoms with Crippen molar-refractivity contribution in [2.75, 3.05) is 7.11 Å². The molecule has 0 radical (unpaired) electrons. The standard InChI is InChI=1S/C19H16N4O3/c1-12(21-26-2)16-14-10-6-7-11-15(14)23-17(16)20-18(24)22(19(23)25)13-8-4-3-5-9-13/h3-11H,1-2H3,(H,20,24)/b21-12+. The van der Waals surface area contributed by atoms with Crippen LogP contribution in [0.2, 0.25) is 0 Å². The van der Waals surface area contributed by atoms with Gasteiger partial charge in [0.05, 0.1) is 16.9 Å². The minimum absolute atomic E-state index is 0.395. The average Bonchev–Trinajstić information content (AvgIpc) is 2.97. The molecule has 2 aromatic heterocycles. The Hall–Kier alpha value is -3.61. The summed E-state index contributed by atoms with van der Waals surface area (Å²) < 4.78 is 2.61. The topological polar surface area (TPSA) is 80.9 Å². The molecule has 0 unspecified atom stereocenters. The molecule has 0 fully saturated rings. The third-order valence-electron chi connectivity index (χ3n) is 4.29. The van der Waals surface area contributed by atoms with Gasteiger partial charge in [-0.25, -0.2) is 18.6 Å². The quantitative estimate of drug-likeness (QED) is 0.456. The number of oxime groups is 1. The Balaban J connectivity index is 2.21. The van der Waals surface area contributed by atoms with Gasteiger partial charge < -0.3 is 4.84 Å². The molecule has 1 N–H and O–H groups in total. The molecule has 26 heavy (non-hydrogen) atoms. The lowest BCUT2D eigenvalue weighted by molar-refractivity contribution is 0.213. The summed E-state index contributed by atoms with van der Waals surface area (Å²) in [6.07, 6.45) is 0. The lowest BCUT2D eigenvalue weighted by atomic mass is 10.1. The largest absolute Gasteiger partial charge is 0.399 e. The van der Waals surface area contributed by atoms with E-state index in [1.165, 1.54) is 11.5 Å². The predicted molar refractivity (Wildman–Crippen MR) is 100 cm³/mol. The maximum Gasteiger partial charge on any atom is 0.343 e. The van der Waals surface area contributed by atoms with Crippen molar-refractivity contribution in [3.05, 3.63) is 81.1 Å². The Bertz CT molecular complexity index is 1260. The molecule has 0 atom stereocenters. The van der Waals surface area contributed by atoms with Crippen molar-refractivity contribution >= 4 is 22.3 Å². The lowest BCUT2D eigenvalue weighted by Crippen LogP contribution is -2.37. The molecule has 0 spiro atoms. The van der Waals surface area contributed by atoms with E-state index in [4.69, 9.17) is 4.84 Å². The highest BCUT2D eigenvalue weighted by Crippen LogP contribution is 2.24. The molecule has 0 saturated heterocycles. The van der Waals surface area contributed by atoms with Gasteiger partial charge in [0.15, 0.2) is 0 Å². The van der Waals surface area contributed by atoms with Crippen LogP contribution in [0.1, 0.15) is 12.5 Å². The number of benzene rings is 2. The van der Waals surface area contributed by atoms with Crippen LogP contribution in [0.25, 0.3) is 22.2 Å². The summed E-state index contributed by atoms with van der Waals surface area (Å²) in [5.74, 6) is 0. The molecule has 7 heteroatoms. The lowest BCUT2D eigenvalue weighted by Gasteiger charge is -2.06. The molecule has 0 saturated carbocycles. The first-order valence-corrected chi connectivity index (χ1v) is 8.05. The second kappa shape index (κ2) is 6.03. The van der Waals surface area contributed by atoms with Crippen molar-refractivity contribution in [2.24, 2.45) is 5.16 Å². The van der Waals surface area contributed by atoms with E-state index in [1.807, 2.05) is 30.3 Å². The second-order valence-corrected chi connectivity index (χ2v) is 5.82. The smallest absolute Gasteiger partial charge is 0.343 e. The number of nitrogens with zero attached hydrogens (tertiary/aromatic N) is 3. The fourth-order valence-electron chi connectivity index (χ4n) is 3.25. The first-order valence-electron chi connectivity index (χ1n) is 8.05. The Morgan fingerprint density at radius 1 is 1.04 bits per heavy atom. The van der Waals surface area contributed by atoms with Crippen LogP contribution in [0.5, 0.6) is 0 Å². The van der Waals surface area contributed by atoms with Crippen molar-refractivity contribution in [1.29, 1.82) is 0 Å². The monoisotopic (exact) mass is 348 g/mol. The fraction of sp³-hybridized carbons (Fsp3) is 0.105. The second-order valence-electron chi connectivity index (χ2n) is 5.82. The number of para-hydroxylation sites is 2. The molecule has 0 aliphatic carbocycles. The van der Waals surface area contributed by atoms with Gasteiger partial charge >= 0.3 is 11.4 Å². The van der Waals surface area contributed by atoms with Crippen LogP contribution in [-0.2, 0) is 4.84 Å². The van der Waals surface area contributed by atoms with Crippen LogP contribution in [-0.4, -0.2) is 26.8 Å². The van der Waals surface area contributed by atoms with E-state index in [0.717, 1.165) is 9.95 Å². The van der Waals surface area contributed by atoms with E-state index in [2.05, 4.69) is 10.1 Å². The van der Waals surface area contributed by atoms with Crippen LogP contribution in [0.4, 0.5) is 0 Å². The minimum atomic E-state index is -0.511. The molecule has 0 amide bonds. The SMILES string of the molecule is CO/N=C(\C)c1c2ccccc2n2c(=O)n(-c3ccccc3)c(=O)[nH]c12. The predicted octanol–water partition coefficient (Wildman–Crippen LogP) is 2.30. The molecule has 4 aromatic rings. The summed E-state index contributed by atoms with van der Waals surface area (Å²) in [5, 5.41) is 4.79. The van der Waals surface area contributed by atoms with E-state index in [0.29, 0.717) is 28.1 Å². The van der Waals surface area contributed by atoms with Gasteiger partial charge in [0, 0.05) is 10.9 Å². The maximum atomic E-state index is 13.2. The Morgan fingerprint density at radius 3 is 2.46 bits per heavy atom. The molecular weight excluding hydrogens is 332 g/mol. The van der Waals surface area contributed by atoms with Crippen molar-refractivity contribution in [3.63, 3.8) is 0 Å². The van der Waals surface area contributed by atoms with E-state index in [1.54, 1.807) is 31.2 Å². The zero-order chi connectivity index (χ0) is 18.3. The first-order chi connectivity index (χ1) is 12.6. The molecule has 7 nitrogen and oxygen atoms in total. The van der Waals surface area contributed by atoms with Crippen LogP contribution in [0.3, 0.4) is 0 Å². The van der Waals surface area contributed by atoms with Crippen molar-refractivity contribution in [3.8, 4) is 5.69 Å². The molecular formula is C19H16N4O3. The third-order valence-corrected chi connectivity index (χ3v) is 4.29. The van der Waals surface area contributed by atoms with Gasteiger partial charge in [-0.05, 0) is 25.1 Å². The molecule has 2 heterocycles. The molecule has 0 aliphatic rings. The van der Waals surface area contributed by atoms with Crippen LogP contribution in [0.15, 0.2) is 69.3 Å². The van der Waals surface area contributed by atoms with Gasteiger partial charge in [0.2, 0.25) is 0 Å². The molecule has 0 aliphatic heterocycles. The summed E-state index contributed by atoms with van der Waals surface area (Å²) in [7, 11) is 1.45. The van der Waals surface area contributed by atoms with Gasteiger partial charge in [-0.3, -0.25) is 4.98 Å². The molecule has 130 valence electrons. The average molecular weight is 348 g/mol. The van der Waals surface area contributed by atoms with Crippen LogP contribution >= 0.6 is 0 Å². The minimum Gasteiger partial charge on any atom is -0.399 e. The Kier molecular flexibility index (Phi) is 3.69. The number of fused-ring (bicyclic) bond motifs is 3. The number of aromatic nitrogens is 3. The highest BCUT2D eigenvalue weighted by atomic mass is 16.6. The summed E-state index contributed by atoms with van der Waals surface area (Å²) in [4.78, 5) is 33.6. The maximum absolute atomic E-state index is 13.2. The van der Waals surface area contributed by atoms with Crippen LogP contribution < -0.4 is 11.4 Å². The highest BCUT2D eigenvalue weighted by Gasteiger charge is 2.19. The molecule has 4 rings (SSSR count).